The fourth-order valence-electron chi connectivity index (χ4n) is 1.14. The second-order valence-corrected chi connectivity index (χ2v) is 4.26. The van der Waals surface area contributed by atoms with E-state index in [0.29, 0.717) is 6.40 Å². The summed E-state index contributed by atoms with van der Waals surface area (Å²) in [5, 5.41) is 6.40. The fraction of sp³-hybridized carbons (Fsp3) is 0.700. The molecule has 0 saturated heterocycles. The maximum Gasteiger partial charge on any atom is 0.261 e. The molecule has 0 aromatic heterocycles. The fourth-order valence-corrected chi connectivity index (χ4v) is 1.28. The molecule has 0 fully saturated rings. The monoisotopic (exact) mass is 248 g/mol. The lowest BCUT2D eigenvalue weighted by atomic mass is 10.2. The third-order valence-electron chi connectivity index (χ3n) is 2.16. The molecule has 1 N–H and O–H groups in total. The van der Waals surface area contributed by atoms with Crippen LogP contribution >= 0.6 is 11.6 Å². The van der Waals surface area contributed by atoms with Gasteiger partial charge in [0.05, 0.1) is 11.9 Å². The van der Waals surface area contributed by atoms with Crippen molar-refractivity contribution in [1.29, 1.82) is 5.41 Å². The summed E-state index contributed by atoms with van der Waals surface area (Å²) in [5.41, 5.74) is 0. The Morgan fingerprint density at radius 1 is 1.50 bits per heavy atom. The van der Waals surface area contributed by atoms with Crippen LogP contribution in [0.3, 0.4) is 0 Å². The first-order valence-electron chi connectivity index (χ1n) is 4.93. The first-order chi connectivity index (χ1) is 7.40. The van der Waals surface area contributed by atoms with E-state index >= 15 is 0 Å². The van der Waals surface area contributed by atoms with Gasteiger partial charge in [0.1, 0.15) is 5.78 Å². The highest BCUT2D eigenvalue weighted by Gasteiger charge is 2.24. The van der Waals surface area contributed by atoms with E-state index in [4.69, 9.17) is 17.0 Å². The van der Waals surface area contributed by atoms with Gasteiger partial charge in [-0.25, -0.2) is 0 Å². The molecule has 0 aliphatic rings. The zero-order chi connectivity index (χ0) is 12.7. The Morgan fingerprint density at radius 2 is 2.06 bits per heavy atom. The smallest absolute Gasteiger partial charge is 0.261 e. The molecule has 0 aromatic rings. The molecule has 5 nitrogen and oxygen atoms in total. The van der Waals surface area contributed by atoms with Crippen molar-refractivity contribution in [3.8, 4) is 0 Å². The van der Waals surface area contributed by atoms with Crippen LogP contribution in [0.5, 0.6) is 0 Å². The van der Waals surface area contributed by atoms with Gasteiger partial charge in [0, 0.05) is 6.04 Å². The first-order valence-corrected chi connectivity index (χ1v) is 5.37. The van der Waals surface area contributed by atoms with Crippen molar-refractivity contribution in [2.75, 3.05) is 13.2 Å². The molecule has 16 heavy (non-hydrogen) atoms. The number of Topliss-reactive ketones (excluding diaryl/α,β-unsaturated/α-hetero) is 1. The lowest BCUT2D eigenvalue weighted by Crippen LogP contribution is -2.46. The molecule has 0 aliphatic heterocycles. The van der Waals surface area contributed by atoms with Gasteiger partial charge in [0.15, 0.2) is 13.0 Å². The van der Waals surface area contributed by atoms with E-state index in [1.165, 1.54) is 11.8 Å². The Balaban J connectivity index is 4.58. The van der Waals surface area contributed by atoms with E-state index in [9.17, 15) is 9.59 Å². The number of halogens is 1. The minimum atomic E-state index is -0.348. The number of ether oxygens (including phenoxy) is 1. The standard InChI is InChI=1S/C10H17ClN2O3/c1-7(14)4-13(9(3)8(2)11)10(15)5-16-6-12/h6,8-9,12H,4-5H2,1-3H3/t8?,9-/m1/s1. The van der Waals surface area contributed by atoms with Crippen LogP contribution in [0.15, 0.2) is 0 Å². The maximum atomic E-state index is 11.7. The first kappa shape index (κ1) is 14.9. The zero-order valence-corrected chi connectivity index (χ0v) is 10.5. The molecule has 0 aromatic carbocycles. The zero-order valence-electron chi connectivity index (χ0n) is 9.70. The Morgan fingerprint density at radius 3 is 2.44 bits per heavy atom. The molecule has 0 rings (SSSR count). The summed E-state index contributed by atoms with van der Waals surface area (Å²) >= 11 is 5.89. The molecule has 0 radical (unpaired) electrons. The summed E-state index contributed by atoms with van der Waals surface area (Å²) in [6, 6.07) is -0.257. The molecule has 1 unspecified atom stereocenters. The summed E-state index contributed by atoms with van der Waals surface area (Å²) < 4.78 is 4.58. The van der Waals surface area contributed by atoms with Crippen LogP contribution in [0, 0.1) is 5.41 Å². The summed E-state index contributed by atoms with van der Waals surface area (Å²) in [7, 11) is 0. The molecule has 0 spiro atoms. The van der Waals surface area contributed by atoms with Gasteiger partial charge in [0.2, 0.25) is 0 Å². The van der Waals surface area contributed by atoms with Crippen LogP contribution in [0.1, 0.15) is 20.8 Å². The van der Waals surface area contributed by atoms with E-state index in [-0.39, 0.29) is 36.3 Å². The molecular weight excluding hydrogens is 232 g/mol. The van der Waals surface area contributed by atoms with Gasteiger partial charge >= 0.3 is 0 Å². The Kier molecular flexibility index (Phi) is 6.72. The predicted octanol–water partition coefficient (Wildman–Crippen LogP) is 1.04. The van der Waals surface area contributed by atoms with Crippen molar-refractivity contribution in [3.05, 3.63) is 0 Å². The Bertz CT molecular complexity index is 269. The van der Waals surface area contributed by atoms with Crippen LogP contribution in [0.2, 0.25) is 0 Å². The SMILES string of the molecule is CC(=O)CN(C(=O)COC=N)[C@H](C)C(C)Cl. The second kappa shape index (κ2) is 7.22. The summed E-state index contributed by atoms with van der Waals surface area (Å²) in [4.78, 5) is 24.1. The number of carbonyl (C=O) groups is 2. The van der Waals surface area contributed by atoms with E-state index in [1.807, 2.05) is 0 Å². The lowest BCUT2D eigenvalue weighted by molar-refractivity contribution is -0.138. The molecule has 6 heteroatoms. The summed E-state index contributed by atoms with van der Waals surface area (Å²) in [6.45, 7) is 4.69. The van der Waals surface area contributed by atoms with Crippen molar-refractivity contribution >= 4 is 29.7 Å². The highest BCUT2D eigenvalue weighted by Crippen LogP contribution is 2.10. The maximum absolute atomic E-state index is 11.7. The molecular formula is C10H17ClN2O3. The number of nitrogens with zero attached hydrogens (tertiary/aromatic N) is 1. The van der Waals surface area contributed by atoms with Gasteiger partial charge in [-0.15, -0.1) is 11.6 Å². The second-order valence-electron chi connectivity index (χ2n) is 3.57. The van der Waals surface area contributed by atoms with Gasteiger partial charge < -0.3 is 9.64 Å². The number of nitrogens with one attached hydrogen (secondary N) is 1. The predicted molar refractivity (Wildman–Crippen MR) is 61.9 cm³/mol. The molecule has 0 aliphatic carbocycles. The van der Waals surface area contributed by atoms with Gasteiger partial charge in [-0.2, -0.15) is 0 Å². The van der Waals surface area contributed by atoms with Crippen LogP contribution in [0.25, 0.3) is 0 Å². The minimum absolute atomic E-state index is 0.0123. The summed E-state index contributed by atoms with van der Waals surface area (Å²) in [6.07, 6.45) is 0.693. The van der Waals surface area contributed by atoms with Crippen molar-refractivity contribution < 1.29 is 14.3 Å². The van der Waals surface area contributed by atoms with Crippen LogP contribution in [0.4, 0.5) is 0 Å². The van der Waals surface area contributed by atoms with Gasteiger partial charge in [0.25, 0.3) is 5.91 Å². The van der Waals surface area contributed by atoms with Gasteiger partial charge in [-0.1, -0.05) is 0 Å². The number of alkyl halides is 1. The number of carbonyl (C=O) groups excluding carboxylic acids is 2. The summed E-state index contributed by atoms with van der Waals surface area (Å²) in [5.74, 6) is -0.467. The number of ketones is 1. The van der Waals surface area contributed by atoms with Crippen molar-refractivity contribution in [1.82, 2.24) is 4.90 Å². The number of hydrogen-bond donors (Lipinski definition) is 1. The Hall–Kier alpha value is -1.10. The normalized spacial score (nSPS) is 13.8. The van der Waals surface area contributed by atoms with Gasteiger partial charge in [-0.3, -0.25) is 15.0 Å². The van der Waals surface area contributed by atoms with E-state index in [0.717, 1.165) is 0 Å². The van der Waals surface area contributed by atoms with Gasteiger partial charge in [-0.05, 0) is 20.8 Å². The lowest BCUT2D eigenvalue weighted by Gasteiger charge is -2.29. The topological polar surface area (TPSA) is 70.5 Å². The molecule has 92 valence electrons. The average Bonchev–Trinajstić information content (AvgIpc) is 2.21. The highest BCUT2D eigenvalue weighted by molar-refractivity contribution is 6.21. The quantitative estimate of drug-likeness (QED) is 0.416. The number of hydrogen-bond acceptors (Lipinski definition) is 4. The minimum Gasteiger partial charge on any atom is -0.474 e. The third kappa shape index (κ3) is 5.11. The largest absolute Gasteiger partial charge is 0.474 e. The third-order valence-corrected chi connectivity index (χ3v) is 2.52. The van der Waals surface area contributed by atoms with Crippen LogP contribution in [-0.2, 0) is 14.3 Å². The van der Waals surface area contributed by atoms with Crippen LogP contribution in [-0.4, -0.2) is 47.6 Å². The molecule has 0 bridgehead atoms. The van der Waals surface area contributed by atoms with E-state index < -0.39 is 0 Å². The van der Waals surface area contributed by atoms with Crippen molar-refractivity contribution in [2.45, 2.75) is 32.2 Å². The Labute approximate surface area is 100 Å². The van der Waals surface area contributed by atoms with Crippen LogP contribution < -0.4 is 0 Å². The number of rotatable bonds is 7. The van der Waals surface area contributed by atoms with Crippen molar-refractivity contribution in [3.63, 3.8) is 0 Å². The molecule has 0 heterocycles. The number of amides is 1. The highest BCUT2D eigenvalue weighted by atomic mass is 35.5. The molecule has 2 atom stereocenters. The average molecular weight is 249 g/mol. The molecule has 0 saturated carbocycles. The van der Waals surface area contributed by atoms with Crippen molar-refractivity contribution in [2.24, 2.45) is 0 Å². The van der Waals surface area contributed by atoms with E-state index in [2.05, 4.69) is 4.74 Å². The van der Waals surface area contributed by atoms with E-state index in [1.54, 1.807) is 13.8 Å². The molecule has 1 amide bonds.